The lowest BCUT2D eigenvalue weighted by Crippen LogP contribution is -2.30. The van der Waals surface area contributed by atoms with Crippen molar-refractivity contribution in [2.75, 3.05) is 13.2 Å². The van der Waals surface area contributed by atoms with Crippen molar-refractivity contribution in [2.45, 2.75) is 316 Å². The molecule has 0 N–H and O–H groups in total. The predicted octanol–water partition coefficient (Wildman–Crippen LogP) is 19.8. The lowest BCUT2D eigenvalue weighted by molar-refractivity contribution is -0.167. The van der Waals surface area contributed by atoms with Gasteiger partial charge in [0.2, 0.25) is 0 Å². The molecule has 0 aliphatic heterocycles. The van der Waals surface area contributed by atoms with Gasteiger partial charge in [0.05, 0.1) is 0 Å². The van der Waals surface area contributed by atoms with Gasteiger partial charge in [0, 0.05) is 19.3 Å². The van der Waals surface area contributed by atoms with Crippen molar-refractivity contribution < 1.29 is 28.6 Å². The van der Waals surface area contributed by atoms with Crippen LogP contribution in [0, 0.1) is 0 Å². The van der Waals surface area contributed by atoms with Gasteiger partial charge in [0.1, 0.15) is 13.2 Å². The monoisotopic (exact) mass is 953 g/mol. The second-order valence-electron chi connectivity index (χ2n) is 19.9. The van der Waals surface area contributed by atoms with Crippen LogP contribution in [0.25, 0.3) is 0 Å². The molecule has 0 spiro atoms. The number of ether oxygens (including phenoxy) is 3. The first-order valence-corrected chi connectivity index (χ1v) is 29.6. The Morgan fingerprint density at radius 3 is 0.897 bits per heavy atom. The Bertz CT molecular complexity index is 1190. The highest BCUT2D eigenvalue weighted by Gasteiger charge is 2.19. The molecule has 68 heavy (non-hydrogen) atoms. The minimum Gasteiger partial charge on any atom is -0.462 e. The lowest BCUT2D eigenvalue weighted by Gasteiger charge is -2.18. The molecule has 0 bridgehead atoms. The van der Waals surface area contributed by atoms with Crippen LogP contribution in [0.2, 0.25) is 0 Å². The summed E-state index contributed by atoms with van der Waals surface area (Å²) in [4.78, 5) is 37.8. The van der Waals surface area contributed by atoms with Crippen LogP contribution in [0.5, 0.6) is 0 Å². The molecule has 0 fully saturated rings. The first kappa shape index (κ1) is 65.4. The van der Waals surface area contributed by atoms with Crippen LogP contribution in [0.1, 0.15) is 310 Å². The van der Waals surface area contributed by atoms with E-state index in [1.54, 1.807) is 0 Å². The Morgan fingerprint density at radius 1 is 0.309 bits per heavy atom. The Kier molecular flexibility index (Phi) is 54.8. The summed E-state index contributed by atoms with van der Waals surface area (Å²) in [6.45, 7) is 6.50. The molecular formula is C62H112O6. The number of hydrogen-bond acceptors (Lipinski definition) is 6. The number of allylic oxidation sites excluding steroid dienone is 8. The summed E-state index contributed by atoms with van der Waals surface area (Å²) < 4.78 is 16.7. The fourth-order valence-corrected chi connectivity index (χ4v) is 8.67. The number of esters is 3. The van der Waals surface area contributed by atoms with Crippen LogP contribution < -0.4 is 0 Å². The second kappa shape index (κ2) is 57.0. The van der Waals surface area contributed by atoms with E-state index in [4.69, 9.17) is 14.2 Å². The van der Waals surface area contributed by atoms with Crippen LogP contribution in [0.15, 0.2) is 48.6 Å². The normalized spacial score (nSPS) is 12.3. The smallest absolute Gasteiger partial charge is 0.306 e. The molecule has 6 nitrogen and oxygen atoms in total. The van der Waals surface area contributed by atoms with Gasteiger partial charge in [-0.3, -0.25) is 14.4 Å². The standard InChI is InChI=1S/C62H112O6/c1-4-7-10-13-16-19-20-21-22-23-24-25-26-27-28-29-30-31-32-33-34-35-36-37-38-39-40-41-42-44-46-49-52-55-61(64)67-58-59(57-66-60(63)54-51-48-45-18-15-12-9-6-3)68-62(65)56-53-50-47-43-17-14-11-8-5-2/h7,10,16,19,21-22,24-25,59H,4-6,8-9,11-15,17-18,20,23,26-58H2,1-3H3/b10-7-,19-16-,22-21-,25-24-. The molecule has 396 valence electrons. The molecule has 0 aromatic carbocycles. The first-order chi connectivity index (χ1) is 33.5. The van der Waals surface area contributed by atoms with E-state index in [-0.39, 0.29) is 31.1 Å². The van der Waals surface area contributed by atoms with Crippen molar-refractivity contribution in [1.82, 2.24) is 0 Å². The number of rotatable bonds is 54. The molecule has 0 rings (SSSR count). The zero-order chi connectivity index (χ0) is 49.3. The summed E-state index contributed by atoms with van der Waals surface area (Å²) in [5, 5.41) is 0. The topological polar surface area (TPSA) is 78.9 Å². The van der Waals surface area contributed by atoms with Crippen molar-refractivity contribution in [3.05, 3.63) is 48.6 Å². The summed E-state index contributed by atoms with van der Waals surface area (Å²) in [5.41, 5.74) is 0. The van der Waals surface area contributed by atoms with Gasteiger partial charge in [-0.15, -0.1) is 0 Å². The van der Waals surface area contributed by atoms with E-state index in [9.17, 15) is 14.4 Å². The summed E-state index contributed by atoms with van der Waals surface area (Å²) in [6, 6.07) is 0. The molecule has 0 saturated carbocycles. The molecule has 0 aromatic heterocycles. The third kappa shape index (κ3) is 54.3. The largest absolute Gasteiger partial charge is 0.462 e. The van der Waals surface area contributed by atoms with Gasteiger partial charge in [-0.05, 0) is 57.8 Å². The maximum Gasteiger partial charge on any atom is 0.306 e. The Labute approximate surface area is 422 Å². The predicted molar refractivity (Wildman–Crippen MR) is 293 cm³/mol. The average Bonchev–Trinajstić information content (AvgIpc) is 3.34. The van der Waals surface area contributed by atoms with Crippen molar-refractivity contribution in [3.8, 4) is 0 Å². The average molecular weight is 954 g/mol. The van der Waals surface area contributed by atoms with E-state index in [2.05, 4.69) is 69.4 Å². The number of unbranched alkanes of at least 4 members (excludes halogenated alkanes) is 35. The Hall–Kier alpha value is -2.63. The molecule has 0 aliphatic carbocycles. The zero-order valence-electron chi connectivity index (χ0n) is 45.4. The number of carbonyl (C=O) groups excluding carboxylic acids is 3. The van der Waals surface area contributed by atoms with Crippen molar-refractivity contribution in [3.63, 3.8) is 0 Å². The highest BCUT2D eigenvalue weighted by molar-refractivity contribution is 5.71. The molecule has 0 heterocycles. The Balaban J connectivity index is 3.89. The van der Waals surface area contributed by atoms with Gasteiger partial charge in [-0.1, -0.05) is 281 Å². The van der Waals surface area contributed by atoms with Gasteiger partial charge in [0.25, 0.3) is 0 Å². The quantitative estimate of drug-likeness (QED) is 0.0262. The van der Waals surface area contributed by atoms with Gasteiger partial charge >= 0.3 is 17.9 Å². The third-order valence-electron chi connectivity index (χ3n) is 13.1. The summed E-state index contributed by atoms with van der Waals surface area (Å²) in [5.74, 6) is -0.860. The van der Waals surface area contributed by atoms with Crippen LogP contribution in [0.4, 0.5) is 0 Å². The molecule has 0 amide bonds. The minimum absolute atomic E-state index is 0.0668. The van der Waals surface area contributed by atoms with Gasteiger partial charge in [-0.2, -0.15) is 0 Å². The SMILES string of the molecule is CC/C=C\C/C=C\C/C=C\C/C=C\CCCCCCCCCCCCCCCCCCCCCCC(=O)OCC(COC(=O)CCCCCCCCCC)OC(=O)CCCCCCCCCCC. The van der Waals surface area contributed by atoms with E-state index in [1.165, 1.54) is 186 Å². The highest BCUT2D eigenvalue weighted by atomic mass is 16.6. The third-order valence-corrected chi connectivity index (χ3v) is 13.1. The minimum atomic E-state index is -0.763. The molecule has 0 radical (unpaired) electrons. The Morgan fingerprint density at radius 2 is 0.574 bits per heavy atom. The lowest BCUT2D eigenvalue weighted by atomic mass is 10.0. The fourth-order valence-electron chi connectivity index (χ4n) is 8.67. The summed E-state index contributed by atoms with van der Waals surface area (Å²) in [6.07, 6.45) is 70.1. The van der Waals surface area contributed by atoms with E-state index < -0.39 is 6.10 Å². The van der Waals surface area contributed by atoms with Crippen molar-refractivity contribution in [1.29, 1.82) is 0 Å². The summed E-state index contributed by atoms with van der Waals surface area (Å²) in [7, 11) is 0. The van der Waals surface area contributed by atoms with Crippen LogP contribution in [0.3, 0.4) is 0 Å². The summed E-state index contributed by atoms with van der Waals surface area (Å²) >= 11 is 0. The van der Waals surface area contributed by atoms with E-state index in [0.29, 0.717) is 19.3 Å². The first-order valence-electron chi connectivity index (χ1n) is 29.6. The van der Waals surface area contributed by atoms with Crippen LogP contribution >= 0.6 is 0 Å². The van der Waals surface area contributed by atoms with Gasteiger partial charge in [0.15, 0.2) is 6.10 Å². The maximum absolute atomic E-state index is 12.7. The highest BCUT2D eigenvalue weighted by Crippen LogP contribution is 2.17. The molecule has 0 aromatic rings. The van der Waals surface area contributed by atoms with Crippen molar-refractivity contribution >= 4 is 17.9 Å². The van der Waals surface area contributed by atoms with E-state index >= 15 is 0 Å². The second-order valence-corrected chi connectivity index (χ2v) is 19.9. The number of carbonyl (C=O) groups is 3. The fraction of sp³-hybridized carbons (Fsp3) is 0.823. The van der Waals surface area contributed by atoms with Crippen LogP contribution in [-0.2, 0) is 28.6 Å². The van der Waals surface area contributed by atoms with Crippen LogP contribution in [-0.4, -0.2) is 37.2 Å². The zero-order valence-corrected chi connectivity index (χ0v) is 45.4. The molecule has 1 atom stereocenters. The van der Waals surface area contributed by atoms with Gasteiger partial charge in [-0.25, -0.2) is 0 Å². The molecule has 0 saturated heterocycles. The molecule has 1 unspecified atom stereocenters. The van der Waals surface area contributed by atoms with Gasteiger partial charge < -0.3 is 14.2 Å². The van der Waals surface area contributed by atoms with E-state index in [1.807, 2.05) is 0 Å². The molecular weight excluding hydrogens is 841 g/mol. The van der Waals surface area contributed by atoms with Crippen molar-refractivity contribution in [2.24, 2.45) is 0 Å². The maximum atomic E-state index is 12.7. The molecule has 0 aliphatic rings. The number of hydrogen-bond donors (Lipinski definition) is 0. The van der Waals surface area contributed by atoms with E-state index in [0.717, 1.165) is 83.5 Å². The molecule has 6 heteroatoms.